The van der Waals surface area contributed by atoms with E-state index in [0.29, 0.717) is 5.92 Å². The van der Waals surface area contributed by atoms with Crippen LogP contribution in [0.25, 0.3) is 0 Å². The van der Waals surface area contributed by atoms with Crippen LogP contribution in [0.2, 0.25) is 0 Å². The molecule has 1 heterocycles. The summed E-state index contributed by atoms with van der Waals surface area (Å²) in [7, 11) is 3.30. The molecular weight excluding hydrogens is 204 g/mol. The van der Waals surface area contributed by atoms with E-state index in [-0.39, 0.29) is 5.97 Å². The van der Waals surface area contributed by atoms with Crippen LogP contribution in [0, 0.1) is 5.92 Å². The molecule has 0 atom stereocenters. The Morgan fingerprint density at radius 1 is 1.44 bits per heavy atom. The van der Waals surface area contributed by atoms with E-state index in [4.69, 9.17) is 4.74 Å². The number of likely N-dealkylation sites (N-methyl/N-ethyl adjacent to an activating group) is 1. The molecule has 0 bridgehead atoms. The van der Waals surface area contributed by atoms with E-state index >= 15 is 0 Å². The highest BCUT2D eigenvalue weighted by Crippen LogP contribution is 2.23. The molecular formula is C12H24N2O2. The molecule has 4 nitrogen and oxygen atoms in total. The van der Waals surface area contributed by atoms with Gasteiger partial charge in [-0.05, 0) is 25.8 Å². The molecule has 0 aromatic rings. The summed E-state index contributed by atoms with van der Waals surface area (Å²) in [4.78, 5) is 14.2. The molecule has 0 unspecified atom stereocenters. The topological polar surface area (TPSA) is 41.6 Å². The van der Waals surface area contributed by atoms with Crippen molar-refractivity contribution in [2.24, 2.45) is 5.92 Å². The highest BCUT2D eigenvalue weighted by molar-refractivity contribution is 5.80. The Kier molecular flexibility index (Phi) is 4.74. The third-order valence-corrected chi connectivity index (χ3v) is 3.39. The number of carbonyl (C=O) groups is 1. The summed E-state index contributed by atoms with van der Waals surface area (Å²) >= 11 is 0. The van der Waals surface area contributed by atoms with Crippen LogP contribution in [0.5, 0.6) is 0 Å². The fourth-order valence-corrected chi connectivity index (χ4v) is 2.39. The minimum atomic E-state index is -0.456. The SMILES string of the molecule is CNC1(C(=O)OC)CCN(CC(C)C)CC1. The molecule has 1 aliphatic heterocycles. The molecule has 1 aliphatic rings. The number of piperidine rings is 1. The van der Waals surface area contributed by atoms with Crippen molar-refractivity contribution >= 4 is 5.97 Å². The summed E-state index contributed by atoms with van der Waals surface area (Å²) in [5, 5.41) is 3.14. The predicted octanol–water partition coefficient (Wildman–Crippen LogP) is 0.869. The normalized spacial score (nSPS) is 21.1. The van der Waals surface area contributed by atoms with Crippen molar-refractivity contribution in [2.75, 3.05) is 33.8 Å². The fraction of sp³-hybridized carbons (Fsp3) is 0.917. The Hall–Kier alpha value is -0.610. The van der Waals surface area contributed by atoms with Gasteiger partial charge in [-0.15, -0.1) is 0 Å². The first-order valence-corrected chi connectivity index (χ1v) is 6.04. The summed E-state index contributed by atoms with van der Waals surface area (Å²) in [6.07, 6.45) is 1.67. The highest BCUT2D eigenvalue weighted by atomic mass is 16.5. The van der Waals surface area contributed by atoms with Gasteiger partial charge in [-0.1, -0.05) is 13.8 Å². The van der Waals surface area contributed by atoms with Gasteiger partial charge in [0.25, 0.3) is 0 Å². The molecule has 0 aromatic carbocycles. The van der Waals surface area contributed by atoms with Crippen molar-refractivity contribution in [1.29, 1.82) is 0 Å². The van der Waals surface area contributed by atoms with Crippen molar-refractivity contribution in [3.63, 3.8) is 0 Å². The van der Waals surface area contributed by atoms with Crippen LogP contribution in [0.4, 0.5) is 0 Å². The molecule has 16 heavy (non-hydrogen) atoms. The zero-order chi connectivity index (χ0) is 12.2. The van der Waals surface area contributed by atoms with Crippen molar-refractivity contribution in [3.05, 3.63) is 0 Å². The number of esters is 1. The number of hydrogen-bond donors (Lipinski definition) is 1. The summed E-state index contributed by atoms with van der Waals surface area (Å²) in [6, 6.07) is 0. The first kappa shape index (κ1) is 13.5. The van der Waals surface area contributed by atoms with E-state index in [1.54, 1.807) is 0 Å². The minimum absolute atomic E-state index is 0.126. The molecule has 4 heteroatoms. The maximum atomic E-state index is 11.7. The summed E-state index contributed by atoms with van der Waals surface area (Å²) in [5.74, 6) is 0.555. The second kappa shape index (κ2) is 5.64. The van der Waals surface area contributed by atoms with Gasteiger partial charge < -0.3 is 15.0 Å². The lowest BCUT2D eigenvalue weighted by molar-refractivity contribution is -0.150. The predicted molar refractivity (Wildman–Crippen MR) is 64.3 cm³/mol. The lowest BCUT2D eigenvalue weighted by atomic mass is 9.87. The lowest BCUT2D eigenvalue weighted by Gasteiger charge is -2.40. The van der Waals surface area contributed by atoms with Crippen molar-refractivity contribution in [1.82, 2.24) is 10.2 Å². The number of methoxy groups -OCH3 is 1. The van der Waals surface area contributed by atoms with E-state index < -0.39 is 5.54 Å². The van der Waals surface area contributed by atoms with E-state index in [1.165, 1.54) is 7.11 Å². The molecule has 0 spiro atoms. The van der Waals surface area contributed by atoms with Crippen molar-refractivity contribution < 1.29 is 9.53 Å². The Balaban J connectivity index is 2.53. The Labute approximate surface area is 98.3 Å². The maximum absolute atomic E-state index is 11.7. The minimum Gasteiger partial charge on any atom is -0.468 e. The van der Waals surface area contributed by atoms with Crippen LogP contribution in [0.15, 0.2) is 0 Å². The molecule has 1 rings (SSSR count). The number of rotatable bonds is 4. The molecule has 0 aromatic heterocycles. The first-order valence-electron chi connectivity index (χ1n) is 6.04. The van der Waals surface area contributed by atoms with Crippen LogP contribution in [-0.4, -0.2) is 50.2 Å². The molecule has 0 radical (unpaired) electrons. The summed E-state index contributed by atoms with van der Waals surface area (Å²) in [6.45, 7) is 7.49. The van der Waals surface area contributed by atoms with E-state index in [0.717, 1.165) is 32.5 Å². The van der Waals surface area contributed by atoms with Gasteiger partial charge in [-0.25, -0.2) is 0 Å². The molecule has 0 amide bonds. The molecule has 1 fully saturated rings. The molecule has 0 aliphatic carbocycles. The standard InChI is InChI=1S/C12H24N2O2/c1-10(2)9-14-7-5-12(13-3,6-8-14)11(15)16-4/h10,13H,5-9H2,1-4H3. The largest absolute Gasteiger partial charge is 0.468 e. The molecule has 1 N–H and O–H groups in total. The van der Waals surface area contributed by atoms with Gasteiger partial charge in [0.2, 0.25) is 0 Å². The quantitative estimate of drug-likeness (QED) is 0.725. The number of nitrogens with zero attached hydrogens (tertiary/aromatic N) is 1. The van der Waals surface area contributed by atoms with Crippen molar-refractivity contribution in [3.8, 4) is 0 Å². The Bertz CT molecular complexity index is 233. The number of carbonyl (C=O) groups excluding carboxylic acids is 1. The average Bonchev–Trinajstić information content (AvgIpc) is 2.28. The van der Waals surface area contributed by atoms with Gasteiger partial charge in [0.1, 0.15) is 5.54 Å². The zero-order valence-electron chi connectivity index (χ0n) is 10.9. The monoisotopic (exact) mass is 228 g/mol. The number of nitrogens with one attached hydrogen (secondary N) is 1. The summed E-state index contributed by atoms with van der Waals surface area (Å²) in [5.41, 5.74) is -0.456. The zero-order valence-corrected chi connectivity index (χ0v) is 10.9. The molecule has 94 valence electrons. The van der Waals surface area contributed by atoms with Crippen LogP contribution in [0.1, 0.15) is 26.7 Å². The lowest BCUT2D eigenvalue weighted by Crippen LogP contribution is -2.57. The molecule has 1 saturated heterocycles. The van der Waals surface area contributed by atoms with E-state index in [2.05, 4.69) is 24.1 Å². The number of likely N-dealkylation sites (tertiary alicyclic amines) is 1. The fourth-order valence-electron chi connectivity index (χ4n) is 2.39. The number of hydrogen-bond acceptors (Lipinski definition) is 4. The van der Waals surface area contributed by atoms with Crippen molar-refractivity contribution in [2.45, 2.75) is 32.2 Å². The smallest absolute Gasteiger partial charge is 0.326 e. The van der Waals surface area contributed by atoms with Gasteiger partial charge in [-0.2, -0.15) is 0 Å². The summed E-state index contributed by atoms with van der Waals surface area (Å²) < 4.78 is 4.88. The van der Waals surface area contributed by atoms with Gasteiger partial charge in [0.05, 0.1) is 7.11 Å². The van der Waals surface area contributed by atoms with Gasteiger partial charge in [-0.3, -0.25) is 4.79 Å². The third kappa shape index (κ3) is 2.95. The van der Waals surface area contributed by atoms with Gasteiger partial charge >= 0.3 is 5.97 Å². The molecule has 0 saturated carbocycles. The van der Waals surface area contributed by atoms with Crippen LogP contribution in [0.3, 0.4) is 0 Å². The Morgan fingerprint density at radius 2 is 2.00 bits per heavy atom. The third-order valence-electron chi connectivity index (χ3n) is 3.39. The van der Waals surface area contributed by atoms with Crippen LogP contribution >= 0.6 is 0 Å². The second-order valence-electron chi connectivity index (χ2n) is 5.02. The highest BCUT2D eigenvalue weighted by Gasteiger charge is 2.40. The van der Waals surface area contributed by atoms with Gasteiger partial charge in [0.15, 0.2) is 0 Å². The second-order valence-corrected chi connectivity index (χ2v) is 5.02. The van der Waals surface area contributed by atoms with E-state index in [9.17, 15) is 4.79 Å². The number of ether oxygens (including phenoxy) is 1. The van der Waals surface area contributed by atoms with Crippen LogP contribution in [-0.2, 0) is 9.53 Å². The average molecular weight is 228 g/mol. The maximum Gasteiger partial charge on any atom is 0.326 e. The first-order chi connectivity index (χ1) is 7.54. The van der Waals surface area contributed by atoms with Crippen LogP contribution < -0.4 is 5.32 Å². The Morgan fingerprint density at radius 3 is 2.38 bits per heavy atom. The van der Waals surface area contributed by atoms with Gasteiger partial charge in [0, 0.05) is 19.6 Å². The van der Waals surface area contributed by atoms with E-state index in [1.807, 2.05) is 7.05 Å².